The third-order valence-electron chi connectivity index (χ3n) is 3.41. The normalized spacial score (nSPS) is 14.8. The van der Waals surface area contributed by atoms with E-state index in [1.165, 1.54) is 0 Å². The summed E-state index contributed by atoms with van der Waals surface area (Å²) in [6.45, 7) is 1.81. The van der Waals surface area contributed by atoms with Crippen LogP contribution < -0.4 is 4.74 Å². The van der Waals surface area contributed by atoms with Crippen molar-refractivity contribution in [2.75, 3.05) is 19.7 Å². The van der Waals surface area contributed by atoms with Gasteiger partial charge >= 0.3 is 0 Å². The lowest BCUT2D eigenvalue weighted by atomic mass is 10.2. The monoisotopic (exact) mass is 256 g/mol. The van der Waals surface area contributed by atoms with Crippen LogP contribution in [0.2, 0.25) is 0 Å². The molecule has 1 fully saturated rings. The Kier molecular flexibility index (Phi) is 3.31. The smallest absolute Gasteiger partial charge is 0.260 e. The van der Waals surface area contributed by atoms with Gasteiger partial charge in [0.15, 0.2) is 6.61 Å². The molecule has 1 aliphatic heterocycles. The first-order valence-corrected chi connectivity index (χ1v) is 6.59. The van der Waals surface area contributed by atoms with E-state index in [1.807, 2.05) is 35.2 Å². The van der Waals surface area contributed by atoms with E-state index in [4.69, 9.17) is 4.74 Å². The largest absolute Gasteiger partial charge is 0.481 e. The Morgan fingerprint density at radius 2 is 2.00 bits per heavy atom. The van der Waals surface area contributed by atoms with Crippen LogP contribution in [0.1, 0.15) is 12.8 Å². The Balaban J connectivity index is 1.73. The first-order chi connectivity index (χ1) is 9.34. The maximum absolute atomic E-state index is 11.9. The maximum Gasteiger partial charge on any atom is 0.260 e. The Bertz CT molecular complexity index is 586. The van der Waals surface area contributed by atoms with Crippen molar-refractivity contribution in [1.29, 1.82) is 0 Å². The highest BCUT2D eigenvalue weighted by atomic mass is 16.5. The molecule has 3 rings (SSSR count). The maximum atomic E-state index is 11.9. The molecule has 1 saturated heterocycles. The molecular weight excluding hydrogens is 240 g/mol. The quantitative estimate of drug-likeness (QED) is 0.845. The lowest BCUT2D eigenvalue weighted by Gasteiger charge is -2.15. The van der Waals surface area contributed by atoms with Gasteiger partial charge in [-0.2, -0.15) is 0 Å². The molecule has 0 bridgehead atoms. The number of amides is 1. The van der Waals surface area contributed by atoms with Gasteiger partial charge in [-0.05, 0) is 25.0 Å². The number of hydrogen-bond donors (Lipinski definition) is 0. The molecule has 0 radical (unpaired) electrons. The van der Waals surface area contributed by atoms with Crippen molar-refractivity contribution < 1.29 is 9.53 Å². The molecule has 0 spiro atoms. The van der Waals surface area contributed by atoms with Gasteiger partial charge < -0.3 is 9.64 Å². The average molecular weight is 256 g/mol. The summed E-state index contributed by atoms with van der Waals surface area (Å²) in [5.41, 5.74) is 0.805. The molecule has 19 heavy (non-hydrogen) atoms. The molecule has 2 heterocycles. The van der Waals surface area contributed by atoms with Crippen molar-refractivity contribution in [2.24, 2.45) is 0 Å². The zero-order chi connectivity index (χ0) is 13.1. The Morgan fingerprint density at radius 3 is 2.84 bits per heavy atom. The first-order valence-electron chi connectivity index (χ1n) is 6.59. The third kappa shape index (κ3) is 2.52. The molecule has 4 heteroatoms. The van der Waals surface area contributed by atoms with Gasteiger partial charge in [0.05, 0.1) is 0 Å². The van der Waals surface area contributed by atoms with Gasteiger partial charge in [0.1, 0.15) is 11.3 Å². The number of carbonyl (C=O) groups is 1. The fraction of sp³-hybridized carbons (Fsp3) is 0.333. The average Bonchev–Trinajstić information content (AvgIpc) is 2.99. The molecule has 0 aliphatic carbocycles. The first kappa shape index (κ1) is 12.0. The van der Waals surface area contributed by atoms with Gasteiger partial charge in [-0.1, -0.05) is 18.2 Å². The summed E-state index contributed by atoms with van der Waals surface area (Å²) < 4.78 is 5.64. The predicted molar refractivity (Wildman–Crippen MR) is 73.1 cm³/mol. The number of nitrogens with zero attached hydrogens (tertiary/aromatic N) is 2. The molecule has 0 saturated carbocycles. The SMILES string of the molecule is O=C(COc1cccc2cccnc12)N1CCCC1. The summed E-state index contributed by atoms with van der Waals surface area (Å²) in [6.07, 6.45) is 3.93. The van der Waals surface area contributed by atoms with Crippen LogP contribution in [0.5, 0.6) is 5.75 Å². The van der Waals surface area contributed by atoms with Crippen LogP contribution in [-0.4, -0.2) is 35.5 Å². The molecule has 1 aromatic heterocycles. The van der Waals surface area contributed by atoms with Crippen LogP contribution in [0, 0.1) is 0 Å². The molecule has 0 atom stereocenters. The number of rotatable bonds is 3. The van der Waals surface area contributed by atoms with Gasteiger partial charge in [0, 0.05) is 24.7 Å². The number of aromatic nitrogens is 1. The fourth-order valence-electron chi connectivity index (χ4n) is 2.39. The molecular formula is C15H16N2O2. The second-order valence-corrected chi connectivity index (χ2v) is 4.71. The van der Waals surface area contributed by atoms with Crippen LogP contribution in [0.25, 0.3) is 10.9 Å². The number of ether oxygens (including phenoxy) is 1. The van der Waals surface area contributed by atoms with Crippen molar-refractivity contribution in [3.8, 4) is 5.75 Å². The van der Waals surface area contributed by atoms with E-state index in [0.717, 1.165) is 36.8 Å². The second kappa shape index (κ2) is 5.26. The van der Waals surface area contributed by atoms with E-state index >= 15 is 0 Å². The highest BCUT2D eigenvalue weighted by Gasteiger charge is 2.18. The minimum atomic E-state index is 0.0606. The van der Waals surface area contributed by atoms with Crippen LogP contribution >= 0.6 is 0 Å². The summed E-state index contributed by atoms with van der Waals surface area (Å²) in [6, 6.07) is 9.63. The molecule has 2 aromatic rings. The van der Waals surface area contributed by atoms with Crippen molar-refractivity contribution in [2.45, 2.75) is 12.8 Å². The van der Waals surface area contributed by atoms with Gasteiger partial charge in [-0.3, -0.25) is 9.78 Å². The molecule has 0 unspecified atom stereocenters. The second-order valence-electron chi connectivity index (χ2n) is 4.71. The van der Waals surface area contributed by atoms with Crippen LogP contribution in [-0.2, 0) is 4.79 Å². The number of likely N-dealkylation sites (tertiary alicyclic amines) is 1. The lowest BCUT2D eigenvalue weighted by molar-refractivity contribution is -0.132. The van der Waals surface area contributed by atoms with Gasteiger partial charge in [-0.25, -0.2) is 0 Å². The number of para-hydroxylation sites is 1. The van der Waals surface area contributed by atoms with Crippen molar-refractivity contribution in [1.82, 2.24) is 9.88 Å². The minimum absolute atomic E-state index is 0.0606. The highest BCUT2D eigenvalue weighted by Crippen LogP contribution is 2.23. The van der Waals surface area contributed by atoms with Crippen LogP contribution in [0.3, 0.4) is 0 Å². The number of hydrogen-bond acceptors (Lipinski definition) is 3. The van der Waals surface area contributed by atoms with Crippen LogP contribution in [0.4, 0.5) is 0 Å². The minimum Gasteiger partial charge on any atom is -0.481 e. The zero-order valence-corrected chi connectivity index (χ0v) is 10.7. The van der Waals surface area contributed by atoms with Crippen molar-refractivity contribution in [3.05, 3.63) is 36.5 Å². The van der Waals surface area contributed by atoms with E-state index in [-0.39, 0.29) is 12.5 Å². The highest BCUT2D eigenvalue weighted by molar-refractivity contribution is 5.85. The van der Waals surface area contributed by atoms with Crippen molar-refractivity contribution in [3.63, 3.8) is 0 Å². The predicted octanol–water partition coefficient (Wildman–Crippen LogP) is 2.24. The molecule has 1 aromatic carbocycles. The summed E-state index contributed by atoms with van der Waals surface area (Å²) >= 11 is 0. The van der Waals surface area contributed by atoms with Crippen LogP contribution in [0.15, 0.2) is 36.5 Å². The summed E-state index contributed by atoms with van der Waals surface area (Å²) in [5.74, 6) is 0.732. The fourth-order valence-corrected chi connectivity index (χ4v) is 2.39. The molecule has 4 nitrogen and oxygen atoms in total. The number of benzene rings is 1. The van der Waals surface area contributed by atoms with E-state index in [2.05, 4.69) is 4.98 Å². The molecule has 1 amide bonds. The number of carbonyl (C=O) groups excluding carboxylic acids is 1. The van der Waals surface area contributed by atoms with E-state index in [9.17, 15) is 4.79 Å². The number of fused-ring (bicyclic) bond motifs is 1. The van der Waals surface area contributed by atoms with E-state index in [0.29, 0.717) is 5.75 Å². The summed E-state index contributed by atoms with van der Waals surface area (Å²) in [4.78, 5) is 18.1. The topological polar surface area (TPSA) is 42.4 Å². The van der Waals surface area contributed by atoms with E-state index < -0.39 is 0 Å². The third-order valence-corrected chi connectivity index (χ3v) is 3.41. The Morgan fingerprint density at radius 1 is 1.21 bits per heavy atom. The summed E-state index contributed by atoms with van der Waals surface area (Å²) in [7, 11) is 0. The number of pyridine rings is 1. The molecule has 0 N–H and O–H groups in total. The Hall–Kier alpha value is -2.10. The molecule has 98 valence electrons. The van der Waals surface area contributed by atoms with Crippen molar-refractivity contribution >= 4 is 16.8 Å². The Labute approximate surface area is 112 Å². The van der Waals surface area contributed by atoms with E-state index in [1.54, 1.807) is 6.20 Å². The standard InChI is InChI=1S/C15H16N2O2/c18-14(17-9-1-2-10-17)11-19-13-7-3-5-12-6-4-8-16-15(12)13/h3-8H,1-2,9-11H2. The van der Waals surface area contributed by atoms with Gasteiger partial charge in [-0.15, -0.1) is 0 Å². The van der Waals surface area contributed by atoms with Gasteiger partial charge in [0.2, 0.25) is 0 Å². The zero-order valence-electron chi connectivity index (χ0n) is 10.7. The molecule has 1 aliphatic rings. The van der Waals surface area contributed by atoms with Gasteiger partial charge in [0.25, 0.3) is 5.91 Å². The lowest BCUT2D eigenvalue weighted by Crippen LogP contribution is -2.32. The summed E-state index contributed by atoms with van der Waals surface area (Å²) in [5, 5.41) is 1.02.